The zero-order valence-electron chi connectivity index (χ0n) is 18.1. The second kappa shape index (κ2) is 9.91. The van der Waals surface area contributed by atoms with Crippen LogP contribution >= 0.6 is 0 Å². The smallest absolute Gasteiger partial charge is 0.416 e. The molecule has 4 N–H and O–H groups in total. The van der Waals surface area contributed by atoms with Crippen LogP contribution in [0.3, 0.4) is 0 Å². The number of carbonyl (C=O) groups excluding carboxylic acids is 2. The summed E-state index contributed by atoms with van der Waals surface area (Å²) in [6, 6.07) is 7.88. The highest BCUT2D eigenvalue weighted by Gasteiger charge is 2.32. The Bertz CT molecular complexity index is 1460. The van der Waals surface area contributed by atoms with Gasteiger partial charge in [0, 0.05) is 5.69 Å². The number of ether oxygens (including phenoxy) is 1. The van der Waals surface area contributed by atoms with Crippen LogP contribution in [0.1, 0.15) is 31.8 Å². The number of rotatable bonds is 6. The molecule has 3 aromatic carbocycles. The molecule has 3 aromatic rings. The van der Waals surface area contributed by atoms with E-state index in [0.717, 1.165) is 36.4 Å². The van der Waals surface area contributed by atoms with Gasteiger partial charge < -0.3 is 10.1 Å². The third-order valence-corrected chi connectivity index (χ3v) is 5.08. The van der Waals surface area contributed by atoms with E-state index >= 15 is 0 Å². The van der Waals surface area contributed by atoms with Gasteiger partial charge in [0.15, 0.2) is 0 Å². The summed E-state index contributed by atoms with van der Waals surface area (Å²) in [6.07, 6.45) is -4.77. The zero-order chi connectivity index (χ0) is 26.8. The van der Waals surface area contributed by atoms with Gasteiger partial charge in [0.05, 0.1) is 16.7 Å². The van der Waals surface area contributed by atoms with E-state index in [0.29, 0.717) is 12.1 Å². The number of hydrogen-bond acceptors (Lipinski definition) is 5. The normalized spacial score (nSPS) is 11.6. The van der Waals surface area contributed by atoms with Gasteiger partial charge in [-0.3, -0.25) is 9.59 Å². The topological polar surface area (TPSA) is 128 Å². The van der Waals surface area contributed by atoms with Crippen molar-refractivity contribution in [3.63, 3.8) is 0 Å². The summed E-state index contributed by atoms with van der Waals surface area (Å²) >= 11 is 0. The molecule has 0 saturated heterocycles. The second-order valence-corrected chi connectivity index (χ2v) is 8.64. The van der Waals surface area contributed by atoms with Crippen molar-refractivity contribution in [2.45, 2.75) is 13.1 Å². The first-order valence-electron chi connectivity index (χ1n) is 9.75. The lowest BCUT2D eigenvalue weighted by Crippen LogP contribution is -2.36. The van der Waals surface area contributed by atoms with E-state index in [1.165, 1.54) is 17.7 Å². The Balaban J connectivity index is 1.97. The fourth-order valence-corrected chi connectivity index (χ4v) is 3.34. The molecule has 0 aromatic heterocycles. The van der Waals surface area contributed by atoms with Crippen molar-refractivity contribution in [2.75, 3.05) is 5.32 Å². The molecular formula is C22H16F5N3O5S. The molecule has 0 aliphatic heterocycles. The van der Waals surface area contributed by atoms with E-state index in [4.69, 9.17) is 9.88 Å². The van der Waals surface area contributed by atoms with Crippen LogP contribution in [-0.2, 0) is 16.4 Å². The van der Waals surface area contributed by atoms with Crippen LogP contribution in [0.15, 0.2) is 54.6 Å². The maximum atomic E-state index is 14.0. The number of aryl methyl sites for hydroxylation is 1. The number of alkyl halides is 3. The van der Waals surface area contributed by atoms with Crippen LogP contribution in [0.2, 0.25) is 0 Å². The SMILES string of the molecule is Cc1cc(F)ccc1Oc1cc(C(F)(F)F)ccc1C(=O)Nc1ccc(F)c(C(=O)NS(N)(=O)=O)c1. The molecule has 2 amide bonds. The van der Waals surface area contributed by atoms with Crippen molar-refractivity contribution >= 4 is 27.7 Å². The highest BCUT2D eigenvalue weighted by atomic mass is 32.2. The predicted octanol–water partition coefficient (Wildman–Crippen LogP) is 4.27. The molecule has 0 bridgehead atoms. The Morgan fingerprint density at radius 1 is 0.889 bits per heavy atom. The number of nitrogens with one attached hydrogen (secondary N) is 2. The predicted molar refractivity (Wildman–Crippen MR) is 118 cm³/mol. The van der Waals surface area contributed by atoms with Crippen LogP contribution in [0.5, 0.6) is 11.5 Å². The molecule has 0 radical (unpaired) electrons. The molecule has 3 rings (SSSR count). The molecule has 14 heteroatoms. The summed E-state index contributed by atoms with van der Waals surface area (Å²) in [5, 5.41) is 6.96. The van der Waals surface area contributed by atoms with E-state index in [2.05, 4.69) is 5.32 Å². The minimum absolute atomic E-state index is 0.0199. The minimum atomic E-state index is -4.77. The van der Waals surface area contributed by atoms with E-state index in [9.17, 15) is 40.0 Å². The van der Waals surface area contributed by atoms with E-state index in [-0.39, 0.29) is 22.6 Å². The van der Waals surface area contributed by atoms with Crippen molar-refractivity contribution in [2.24, 2.45) is 5.14 Å². The Hall–Kier alpha value is -4.04. The Morgan fingerprint density at radius 3 is 2.19 bits per heavy atom. The summed E-state index contributed by atoms with van der Waals surface area (Å²) in [4.78, 5) is 24.8. The molecule has 0 spiro atoms. The fraction of sp³-hybridized carbons (Fsp3) is 0.0909. The van der Waals surface area contributed by atoms with Crippen molar-refractivity contribution < 1.29 is 44.7 Å². The van der Waals surface area contributed by atoms with Crippen molar-refractivity contribution in [1.29, 1.82) is 0 Å². The van der Waals surface area contributed by atoms with Gasteiger partial charge in [-0.1, -0.05) is 0 Å². The van der Waals surface area contributed by atoms with E-state index < -0.39 is 56.7 Å². The number of halogens is 5. The summed E-state index contributed by atoms with van der Waals surface area (Å²) < 4.78 is 96.1. The Kier molecular flexibility index (Phi) is 7.31. The minimum Gasteiger partial charge on any atom is -0.456 e. The van der Waals surface area contributed by atoms with Crippen LogP contribution in [0.4, 0.5) is 27.6 Å². The molecule has 190 valence electrons. The van der Waals surface area contributed by atoms with Crippen molar-refractivity contribution in [1.82, 2.24) is 4.72 Å². The number of carbonyl (C=O) groups is 2. The van der Waals surface area contributed by atoms with Gasteiger partial charge in [-0.2, -0.15) is 21.6 Å². The lowest BCUT2D eigenvalue weighted by molar-refractivity contribution is -0.137. The summed E-state index contributed by atoms with van der Waals surface area (Å²) in [6.45, 7) is 1.44. The number of amides is 2. The zero-order valence-corrected chi connectivity index (χ0v) is 18.9. The molecule has 0 saturated carbocycles. The first-order chi connectivity index (χ1) is 16.6. The van der Waals surface area contributed by atoms with E-state index in [1.54, 1.807) is 0 Å². The highest BCUT2D eigenvalue weighted by molar-refractivity contribution is 7.87. The first kappa shape index (κ1) is 26.6. The molecule has 0 atom stereocenters. The third kappa shape index (κ3) is 6.55. The quantitative estimate of drug-likeness (QED) is 0.411. The molecule has 0 aliphatic carbocycles. The third-order valence-electron chi connectivity index (χ3n) is 4.61. The molecule has 0 aliphatic rings. The average Bonchev–Trinajstić information content (AvgIpc) is 2.75. The first-order valence-corrected chi connectivity index (χ1v) is 11.3. The summed E-state index contributed by atoms with van der Waals surface area (Å²) in [7, 11) is -4.51. The number of anilines is 1. The molecule has 0 heterocycles. The number of hydrogen-bond donors (Lipinski definition) is 3. The van der Waals surface area contributed by atoms with Crippen LogP contribution in [-0.4, -0.2) is 20.2 Å². The van der Waals surface area contributed by atoms with Gasteiger partial charge in [-0.15, -0.1) is 0 Å². The summed E-state index contributed by atoms with van der Waals surface area (Å²) in [5.74, 6) is -4.72. The van der Waals surface area contributed by atoms with Crippen molar-refractivity contribution in [3.8, 4) is 11.5 Å². The van der Waals surface area contributed by atoms with Crippen LogP contribution in [0, 0.1) is 18.6 Å². The summed E-state index contributed by atoms with van der Waals surface area (Å²) in [5.41, 5.74) is -2.26. The largest absolute Gasteiger partial charge is 0.456 e. The fourth-order valence-electron chi connectivity index (χ4n) is 2.98. The maximum absolute atomic E-state index is 14.0. The Labute approximate surface area is 201 Å². The highest BCUT2D eigenvalue weighted by Crippen LogP contribution is 2.36. The second-order valence-electron chi connectivity index (χ2n) is 7.35. The van der Waals surface area contributed by atoms with E-state index in [1.807, 2.05) is 0 Å². The molecule has 36 heavy (non-hydrogen) atoms. The number of benzene rings is 3. The monoisotopic (exact) mass is 529 g/mol. The molecule has 8 nitrogen and oxygen atoms in total. The molecular weight excluding hydrogens is 513 g/mol. The van der Waals surface area contributed by atoms with Gasteiger partial charge in [-0.25, -0.2) is 18.6 Å². The van der Waals surface area contributed by atoms with Gasteiger partial charge in [0.1, 0.15) is 23.1 Å². The van der Waals surface area contributed by atoms with Gasteiger partial charge >= 0.3 is 6.18 Å². The van der Waals surface area contributed by atoms with Crippen LogP contribution in [0.25, 0.3) is 0 Å². The van der Waals surface area contributed by atoms with Gasteiger partial charge in [0.25, 0.3) is 22.0 Å². The Morgan fingerprint density at radius 2 is 1.58 bits per heavy atom. The van der Waals surface area contributed by atoms with Crippen molar-refractivity contribution in [3.05, 3.63) is 88.5 Å². The maximum Gasteiger partial charge on any atom is 0.416 e. The molecule has 0 unspecified atom stereocenters. The standard InChI is InChI=1S/C22H16F5N3O5S/c1-11-8-13(23)3-7-18(11)35-19-9-12(22(25,26)27)2-5-15(19)20(31)29-14-4-6-17(24)16(10-14)21(32)30-36(28,33)34/h2-10H,1H3,(H,29,31)(H,30,32)(H2,28,33,34). The van der Waals surface area contributed by atoms with Crippen LogP contribution < -0.4 is 19.9 Å². The lowest BCUT2D eigenvalue weighted by atomic mass is 10.1. The average molecular weight is 529 g/mol. The van der Waals surface area contributed by atoms with Gasteiger partial charge in [-0.05, 0) is 67.1 Å². The van der Waals surface area contributed by atoms with Gasteiger partial charge in [0.2, 0.25) is 0 Å². The molecule has 0 fully saturated rings. The number of nitrogens with two attached hydrogens (primary N) is 1. The lowest BCUT2D eigenvalue weighted by Gasteiger charge is -2.16.